The highest BCUT2D eigenvalue weighted by Crippen LogP contribution is 2.36. The standard InChI is InChI=1S/C17H19ClN2O5/c1-25-14-5-4-11(18)8-13(14)20-9-10(7-15(20)21)16(22)19-6-2-3-12(19)17(23)24/h4-5,8,10,12H,2-3,6-7,9H2,1H3,(H,23,24)/t10?,12-/m1/s1. The smallest absolute Gasteiger partial charge is 0.326 e. The Labute approximate surface area is 150 Å². The Balaban J connectivity index is 1.80. The predicted molar refractivity (Wildman–Crippen MR) is 90.8 cm³/mol. The molecule has 2 fully saturated rings. The molecule has 0 aromatic heterocycles. The van der Waals surface area contributed by atoms with Gasteiger partial charge in [0.05, 0.1) is 18.7 Å². The van der Waals surface area contributed by atoms with E-state index in [-0.39, 0.29) is 24.8 Å². The number of benzene rings is 1. The number of likely N-dealkylation sites (tertiary alicyclic amines) is 1. The summed E-state index contributed by atoms with van der Waals surface area (Å²) >= 11 is 6.02. The van der Waals surface area contributed by atoms with Crippen LogP contribution in [0.15, 0.2) is 18.2 Å². The molecule has 8 heteroatoms. The van der Waals surface area contributed by atoms with Crippen LogP contribution in [0.4, 0.5) is 5.69 Å². The first-order valence-corrected chi connectivity index (χ1v) is 8.47. The molecular weight excluding hydrogens is 348 g/mol. The summed E-state index contributed by atoms with van der Waals surface area (Å²) in [4.78, 5) is 39.3. The van der Waals surface area contributed by atoms with Crippen molar-refractivity contribution in [2.45, 2.75) is 25.3 Å². The third-order valence-electron chi connectivity index (χ3n) is 4.73. The lowest BCUT2D eigenvalue weighted by molar-refractivity contribution is -0.149. The topological polar surface area (TPSA) is 87.2 Å². The van der Waals surface area contributed by atoms with Crippen molar-refractivity contribution in [2.24, 2.45) is 5.92 Å². The molecule has 3 rings (SSSR count). The first kappa shape index (κ1) is 17.5. The third-order valence-corrected chi connectivity index (χ3v) is 4.96. The van der Waals surface area contributed by atoms with Gasteiger partial charge in [-0.1, -0.05) is 11.6 Å². The maximum Gasteiger partial charge on any atom is 0.326 e. The second-order valence-electron chi connectivity index (χ2n) is 6.25. The second-order valence-corrected chi connectivity index (χ2v) is 6.69. The number of halogens is 1. The molecule has 2 heterocycles. The number of carbonyl (C=O) groups is 3. The van der Waals surface area contributed by atoms with Gasteiger partial charge in [-0.2, -0.15) is 0 Å². The van der Waals surface area contributed by atoms with Gasteiger partial charge in [-0.25, -0.2) is 4.79 Å². The van der Waals surface area contributed by atoms with E-state index in [0.29, 0.717) is 35.8 Å². The number of aliphatic carboxylic acids is 1. The summed E-state index contributed by atoms with van der Waals surface area (Å²) in [6.45, 7) is 0.609. The Morgan fingerprint density at radius 2 is 2.12 bits per heavy atom. The number of carboxylic acid groups (broad SMARTS) is 1. The van der Waals surface area contributed by atoms with Gasteiger partial charge in [-0.3, -0.25) is 9.59 Å². The molecule has 134 valence electrons. The van der Waals surface area contributed by atoms with Crippen molar-refractivity contribution >= 4 is 35.1 Å². The van der Waals surface area contributed by atoms with Gasteiger partial charge in [0.2, 0.25) is 11.8 Å². The molecule has 25 heavy (non-hydrogen) atoms. The van der Waals surface area contributed by atoms with Gasteiger partial charge in [-0.05, 0) is 31.0 Å². The fraction of sp³-hybridized carbons (Fsp3) is 0.471. The van der Waals surface area contributed by atoms with E-state index in [1.165, 1.54) is 16.9 Å². The Morgan fingerprint density at radius 3 is 2.80 bits per heavy atom. The average Bonchev–Trinajstić information content (AvgIpc) is 3.21. The van der Waals surface area contributed by atoms with Crippen molar-refractivity contribution in [3.63, 3.8) is 0 Å². The monoisotopic (exact) mass is 366 g/mol. The predicted octanol–water partition coefficient (Wildman–Crippen LogP) is 1.78. The quantitative estimate of drug-likeness (QED) is 0.877. The lowest BCUT2D eigenvalue weighted by atomic mass is 10.1. The molecular formula is C17H19ClN2O5. The highest BCUT2D eigenvalue weighted by atomic mass is 35.5. The number of carboxylic acids is 1. The number of methoxy groups -OCH3 is 1. The summed E-state index contributed by atoms with van der Waals surface area (Å²) in [5.41, 5.74) is 0.520. The molecule has 1 aromatic rings. The van der Waals surface area contributed by atoms with Gasteiger partial charge >= 0.3 is 5.97 Å². The summed E-state index contributed by atoms with van der Waals surface area (Å²) in [6.07, 6.45) is 1.17. The average molecular weight is 367 g/mol. The van der Waals surface area contributed by atoms with E-state index in [4.69, 9.17) is 16.3 Å². The fourth-order valence-corrected chi connectivity index (χ4v) is 3.67. The summed E-state index contributed by atoms with van der Waals surface area (Å²) in [6, 6.07) is 4.16. The number of amides is 2. The van der Waals surface area contributed by atoms with E-state index in [1.54, 1.807) is 18.2 Å². The Hall–Kier alpha value is -2.28. The van der Waals surface area contributed by atoms with Gasteiger partial charge in [0.15, 0.2) is 0 Å². The Bertz CT molecular complexity index is 723. The zero-order chi connectivity index (χ0) is 18.1. The van der Waals surface area contributed by atoms with Crippen LogP contribution in [0.25, 0.3) is 0 Å². The molecule has 2 amide bonds. The van der Waals surface area contributed by atoms with E-state index in [9.17, 15) is 19.5 Å². The molecule has 2 aliphatic heterocycles. The fourth-order valence-electron chi connectivity index (χ4n) is 3.50. The lowest BCUT2D eigenvalue weighted by Crippen LogP contribution is -2.44. The molecule has 0 bridgehead atoms. The Morgan fingerprint density at radius 1 is 1.36 bits per heavy atom. The van der Waals surface area contributed by atoms with Crippen LogP contribution in [0.1, 0.15) is 19.3 Å². The Kier molecular flexibility index (Phi) is 4.85. The highest BCUT2D eigenvalue weighted by molar-refractivity contribution is 6.31. The largest absolute Gasteiger partial charge is 0.495 e. The summed E-state index contributed by atoms with van der Waals surface area (Å²) < 4.78 is 5.28. The molecule has 2 aliphatic rings. The molecule has 7 nitrogen and oxygen atoms in total. The zero-order valence-electron chi connectivity index (χ0n) is 13.8. The van der Waals surface area contributed by atoms with Crippen molar-refractivity contribution in [2.75, 3.05) is 25.1 Å². The van der Waals surface area contributed by atoms with Crippen molar-refractivity contribution in [1.82, 2.24) is 4.90 Å². The molecule has 1 unspecified atom stereocenters. The normalized spacial score (nSPS) is 23.2. The van der Waals surface area contributed by atoms with Crippen molar-refractivity contribution in [1.29, 1.82) is 0 Å². The maximum atomic E-state index is 12.7. The van der Waals surface area contributed by atoms with Crippen LogP contribution >= 0.6 is 11.6 Å². The van der Waals surface area contributed by atoms with Gasteiger partial charge in [0, 0.05) is 24.5 Å². The first-order valence-electron chi connectivity index (χ1n) is 8.09. The number of hydrogen-bond acceptors (Lipinski definition) is 4. The van der Waals surface area contributed by atoms with E-state index in [0.717, 1.165) is 0 Å². The molecule has 2 saturated heterocycles. The van der Waals surface area contributed by atoms with Crippen LogP contribution in [0.3, 0.4) is 0 Å². The van der Waals surface area contributed by atoms with E-state index in [2.05, 4.69) is 0 Å². The maximum absolute atomic E-state index is 12.7. The van der Waals surface area contributed by atoms with E-state index in [1.807, 2.05) is 0 Å². The molecule has 0 radical (unpaired) electrons. The van der Waals surface area contributed by atoms with Gasteiger partial charge in [-0.15, -0.1) is 0 Å². The van der Waals surface area contributed by atoms with Crippen LogP contribution in [-0.4, -0.2) is 54.0 Å². The minimum atomic E-state index is -0.997. The van der Waals surface area contributed by atoms with Crippen LogP contribution in [-0.2, 0) is 14.4 Å². The number of nitrogens with zero attached hydrogens (tertiary/aromatic N) is 2. The second kappa shape index (κ2) is 6.92. The van der Waals surface area contributed by atoms with Gasteiger partial charge in [0.1, 0.15) is 11.8 Å². The van der Waals surface area contributed by atoms with Crippen LogP contribution in [0.5, 0.6) is 5.75 Å². The molecule has 1 N–H and O–H groups in total. The lowest BCUT2D eigenvalue weighted by Gasteiger charge is -2.25. The SMILES string of the molecule is COc1ccc(Cl)cc1N1CC(C(=O)N2CCC[C@@H]2C(=O)O)CC1=O. The molecule has 2 atom stereocenters. The number of rotatable bonds is 4. The summed E-state index contributed by atoms with van der Waals surface area (Å²) in [7, 11) is 1.50. The molecule has 0 aliphatic carbocycles. The minimum Gasteiger partial charge on any atom is -0.495 e. The summed E-state index contributed by atoms with van der Waals surface area (Å²) in [5, 5.41) is 9.72. The first-order chi connectivity index (χ1) is 11.9. The van der Waals surface area contributed by atoms with Gasteiger partial charge in [0.25, 0.3) is 0 Å². The number of carbonyl (C=O) groups excluding carboxylic acids is 2. The zero-order valence-corrected chi connectivity index (χ0v) is 14.5. The van der Waals surface area contributed by atoms with Crippen LogP contribution < -0.4 is 9.64 Å². The number of anilines is 1. The van der Waals surface area contributed by atoms with Crippen molar-refractivity contribution < 1.29 is 24.2 Å². The number of ether oxygens (including phenoxy) is 1. The summed E-state index contributed by atoms with van der Waals surface area (Å²) in [5.74, 6) is -1.54. The van der Waals surface area contributed by atoms with Gasteiger partial charge < -0.3 is 19.6 Å². The molecule has 1 aromatic carbocycles. The van der Waals surface area contributed by atoms with E-state index >= 15 is 0 Å². The van der Waals surface area contributed by atoms with Crippen LogP contribution in [0.2, 0.25) is 5.02 Å². The minimum absolute atomic E-state index is 0.0529. The molecule has 0 saturated carbocycles. The van der Waals surface area contributed by atoms with Crippen LogP contribution in [0, 0.1) is 5.92 Å². The van der Waals surface area contributed by atoms with Crippen molar-refractivity contribution in [3.05, 3.63) is 23.2 Å². The molecule has 0 spiro atoms. The van der Waals surface area contributed by atoms with E-state index < -0.39 is 17.9 Å². The third kappa shape index (κ3) is 3.28. The number of hydrogen-bond donors (Lipinski definition) is 1. The highest BCUT2D eigenvalue weighted by Gasteiger charge is 2.42. The van der Waals surface area contributed by atoms with Crippen molar-refractivity contribution in [3.8, 4) is 5.75 Å².